The van der Waals surface area contributed by atoms with Gasteiger partial charge >= 0.3 is 0 Å². The molecule has 2 aromatic heterocycles. The molecule has 0 saturated carbocycles. The van der Waals surface area contributed by atoms with Gasteiger partial charge in [0.1, 0.15) is 0 Å². The summed E-state index contributed by atoms with van der Waals surface area (Å²) in [5, 5.41) is 4.92. The van der Waals surface area contributed by atoms with E-state index in [0.29, 0.717) is 26.9 Å². The van der Waals surface area contributed by atoms with E-state index in [1.165, 1.54) is 10.4 Å². The zero-order chi connectivity index (χ0) is 15.1. The molecule has 0 bridgehead atoms. The van der Waals surface area contributed by atoms with Crippen LogP contribution in [0.15, 0.2) is 28.8 Å². The summed E-state index contributed by atoms with van der Waals surface area (Å²) in [6.45, 7) is 4.11. The minimum Gasteiger partial charge on any atom is -0.380 e. The Labute approximate surface area is 136 Å². The van der Waals surface area contributed by atoms with Crippen LogP contribution in [0.3, 0.4) is 0 Å². The molecular weight excluding hydrogens is 327 g/mol. The third-order valence-corrected chi connectivity index (χ3v) is 5.10. The Morgan fingerprint density at radius 2 is 1.81 bits per heavy atom. The van der Waals surface area contributed by atoms with Crippen molar-refractivity contribution in [3.63, 3.8) is 0 Å². The van der Waals surface area contributed by atoms with Gasteiger partial charge in [0.2, 0.25) is 0 Å². The maximum atomic E-state index is 6.28. The molecule has 0 unspecified atom stereocenters. The summed E-state index contributed by atoms with van der Waals surface area (Å²) in [5.41, 5.74) is 8.47. The van der Waals surface area contributed by atoms with Crippen molar-refractivity contribution in [3.05, 3.63) is 44.8 Å². The highest BCUT2D eigenvalue weighted by Gasteiger charge is 2.23. The minimum atomic E-state index is 0.281. The number of rotatable bonds is 2. The number of nitrogen functional groups attached to an aromatic ring is 1. The lowest BCUT2D eigenvalue weighted by molar-refractivity contribution is 0.437. The molecule has 6 heteroatoms. The lowest BCUT2D eigenvalue weighted by Gasteiger charge is -2.06. The van der Waals surface area contributed by atoms with Crippen molar-refractivity contribution in [1.82, 2.24) is 5.16 Å². The van der Waals surface area contributed by atoms with E-state index in [9.17, 15) is 0 Å². The molecule has 0 aliphatic heterocycles. The average Bonchev–Trinajstić information content (AvgIpc) is 2.94. The smallest absolute Gasteiger partial charge is 0.186 e. The van der Waals surface area contributed by atoms with Crippen molar-refractivity contribution in [1.29, 1.82) is 0 Å². The molecule has 0 radical (unpaired) electrons. The molecule has 0 amide bonds. The predicted molar refractivity (Wildman–Crippen MR) is 89.2 cm³/mol. The SMILES string of the molecule is Cc1cc(-c2onc(N)c2-c2c(Cl)cccc2Cl)sc1C. The van der Waals surface area contributed by atoms with Crippen molar-refractivity contribution >= 4 is 40.4 Å². The Morgan fingerprint density at radius 3 is 2.38 bits per heavy atom. The highest BCUT2D eigenvalue weighted by Crippen LogP contribution is 2.45. The van der Waals surface area contributed by atoms with Gasteiger partial charge in [-0.15, -0.1) is 11.3 Å². The lowest BCUT2D eigenvalue weighted by atomic mass is 10.0. The standard InChI is InChI=1S/C15H12Cl2N2OS/c1-7-6-11(21-8(7)2)14-13(15(18)19-20-14)12-9(16)4-3-5-10(12)17/h3-6H,1-2H3,(H2,18,19). The number of benzene rings is 1. The van der Waals surface area contributed by atoms with Crippen LogP contribution in [0.25, 0.3) is 21.8 Å². The van der Waals surface area contributed by atoms with Gasteiger partial charge in [0.15, 0.2) is 11.6 Å². The zero-order valence-corrected chi connectivity index (χ0v) is 13.7. The van der Waals surface area contributed by atoms with Gasteiger partial charge in [-0.05, 0) is 37.6 Å². The van der Waals surface area contributed by atoms with Gasteiger partial charge in [-0.1, -0.05) is 34.4 Å². The first-order chi connectivity index (χ1) is 9.99. The Balaban J connectivity index is 2.27. The lowest BCUT2D eigenvalue weighted by Crippen LogP contribution is -1.90. The van der Waals surface area contributed by atoms with E-state index in [4.69, 9.17) is 33.5 Å². The van der Waals surface area contributed by atoms with Crippen LogP contribution >= 0.6 is 34.5 Å². The fourth-order valence-corrected chi connectivity index (χ4v) is 3.74. The van der Waals surface area contributed by atoms with E-state index >= 15 is 0 Å². The molecular formula is C15H12Cl2N2OS. The Bertz CT molecular complexity index is 783. The number of nitrogens with two attached hydrogens (primary N) is 1. The summed E-state index contributed by atoms with van der Waals surface area (Å²) < 4.78 is 5.43. The van der Waals surface area contributed by atoms with E-state index in [1.807, 2.05) is 6.07 Å². The van der Waals surface area contributed by atoms with E-state index in [0.717, 1.165) is 4.88 Å². The van der Waals surface area contributed by atoms with Crippen LogP contribution < -0.4 is 5.73 Å². The van der Waals surface area contributed by atoms with E-state index < -0.39 is 0 Å². The summed E-state index contributed by atoms with van der Waals surface area (Å²) in [7, 11) is 0. The molecule has 0 aliphatic carbocycles. The van der Waals surface area contributed by atoms with E-state index in [-0.39, 0.29) is 5.82 Å². The third kappa shape index (κ3) is 2.44. The molecule has 21 heavy (non-hydrogen) atoms. The Morgan fingerprint density at radius 1 is 1.14 bits per heavy atom. The van der Waals surface area contributed by atoms with Crippen LogP contribution in [0, 0.1) is 13.8 Å². The molecule has 1 aromatic carbocycles. The number of halogens is 2. The van der Waals surface area contributed by atoms with E-state index in [2.05, 4.69) is 19.0 Å². The van der Waals surface area contributed by atoms with Crippen molar-refractivity contribution in [3.8, 4) is 21.8 Å². The first kappa shape index (κ1) is 14.4. The molecule has 0 atom stereocenters. The van der Waals surface area contributed by atoms with Gasteiger partial charge in [0.05, 0.1) is 20.5 Å². The van der Waals surface area contributed by atoms with Crippen molar-refractivity contribution in [2.45, 2.75) is 13.8 Å². The van der Waals surface area contributed by atoms with Gasteiger partial charge in [-0.2, -0.15) is 0 Å². The van der Waals surface area contributed by atoms with Gasteiger partial charge in [-0.3, -0.25) is 0 Å². The molecule has 108 valence electrons. The Hall–Kier alpha value is -1.49. The third-order valence-electron chi connectivity index (χ3n) is 3.32. The van der Waals surface area contributed by atoms with E-state index in [1.54, 1.807) is 29.5 Å². The molecule has 0 saturated heterocycles. The van der Waals surface area contributed by atoms with Gasteiger partial charge in [0.25, 0.3) is 0 Å². The number of hydrogen-bond donors (Lipinski definition) is 1. The molecule has 0 fully saturated rings. The highest BCUT2D eigenvalue weighted by atomic mass is 35.5. The zero-order valence-electron chi connectivity index (χ0n) is 11.4. The summed E-state index contributed by atoms with van der Waals surface area (Å²) in [4.78, 5) is 2.18. The normalized spacial score (nSPS) is 11.0. The first-order valence-corrected chi connectivity index (χ1v) is 7.83. The fraction of sp³-hybridized carbons (Fsp3) is 0.133. The number of aryl methyl sites for hydroxylation is 2. The van der Waals surface area contributed by atoms with Crippen LogP contribution in [0.2, 0.25) is 10.0 Å². The minimum absolute atomic E-state index is 0.281. The fourth-order valence-electron chi connectivity index (χ4n) is 2.13. The first-order valence-electron chi connectivity index (χ1n) is 6.26. The largest absolute Gasteiger partial charge is 0.380 e. The van der Waals surface area contributed by atoms with Crippen LogP contribution in [0.4, 0.5) is 5.82 Å². The van der Waals surface area contributed by atoms with Crippen LogP contribution in [0.5, 0.6) is 0 Å². The van der Waals surface area contributed by atoms with Crippen LogP contribution in [-0.4, -0.2) is 5.16 Å². The predicted octanol–water partition coefficient (Wildman–Crippen LogP) is 5.58. The monoisotopic (exact) mass is 338 g/mol. The summed E-state index contributed by atoms with van der Waals surface area (Å²) in [6.07, 6.45) is 0. The number of hydrogen-bond acceptors (Lipinski definition) is 4. The highest BCUT2D eigenvalue weighted by molar-refractivity contribution is 7.15. The number of thiophene rings is 1. The molecule has 2 N–H and O–H groups in total. The molecule has 3 nitrogen and oxygen atoms in total. The number of aromatic nitrogens is 1. The van der Waals surface area contributed by atoms with Gasteiger partial charge in [-0.25, -0.2) is 0 Å². The van der Waals surface area contributed by atoms with Crippen molar-refractivity contribution in [2.24, 2.45) is 0 Å². The average molecular weight is 339 g/mol. The van der Waals surface area contributed by atoms with Crippen LogP contribution in [0.1, 0.15) is 10.4 Å². The molecule has 3 rings (SSSR count). The maximum Gasteiger partial charge on any atom is 0.186 e. The summed E-state index contributed by atoms with van der Waals surface area (Å²) in [6, 6.07) is 7.37. The molecule has 2 heterocycles. The second-order valence-electron chi connectivity index (χ2n) is 4.72. The summed E-state index contributed by atoms with van der Waals surface area (Å²) >= 11 is 14.2. The molecule has 0 aliphatic rings. The van der Waals surface area contributed by atoms with Crippen molar-refractivity contribution < 1.29 is 4.52 Å². The van der Waals surface area contributed by atoms with Crippen LogP contribution in [-0.2, 0) is 0 Å². The second-order valence-corrected chi connectivity index (χ2v) is 6.79. The second kappa shape index (κ2) is 5.37. The molecule has 3 aromatic rings. The van der Waals surface area contributed by atoms with Crippen molar-refractivity contribution in [2.75, 3.05) is 5.73 Å². The maximum absolute atomic E-state index is 6.28. The topological polar surface area (TPSA) is 52.0 Å². The van der Waals surface area contributed by atoms with Gasteiger partial charge in [0, 0.05) is 10.4 Å². The van der Waals surface area contributed by atoms with Gasteiger partial charge < -0.3 is 10.3 Å². The Kier molecular flexibility index (Phi) is 3.69. The summed E-state index contributed by atoms with van der Waals surface area (Å²) in [5.74, 6) is 0.882. The number of anilines is 1. The quantitative estimate of drug-likeness (QED) is 0.663. The number of nitrogens with zero attached hydrogens (tertiary/aromatic N) is 1. The molecule has 0 spiro atoms.